The maximum Gasteiger partial charge on any atom is 0.0380 e. The van der Waals surface area contributed by atoms with Crippen molar-refractivity contribution < 1.29 is 0 Å². The van der Waals surface area contributed by atoms with Crippen LogP contribution in [-0.2, 0) is 0 Å². The quantitative estimate of drug-likeness (QED) is 0.594. The fourth-order valence-corrected chi connectivity index (χ4v) is 1.15. The third kappa shape index (κ3) is 2.40. The van der Waals surface area contributed by atoms with Crippen LogP contribution >= 0.6 is 0 Å². The van der Waals surface area contributed by atoms with Crippen LogP contribution in [0.4, 0.5) is 0 Å². The number of nitrogens with two attached hydrogens (primary N) is 1. The molecule has 0 heterocycles. The molecule has 0 amide bonds. The monoisotopic (exact) mass is 140 g/mol. The van der Waals surface area contributed by atoms with Gasteiger partial charge in [-0.15, -0.1) is 0 Å². The highest BCUT2D eigenvalue weighted by Gasteiger charge is 2.23. The Bertz CT molecular complexity index is 108. The van der Waals surface area contributed by atoms with Crippen molar-refractivity contribution in [3.05, 3.63) is 12.8 Å². The van der Waals surface area contributed by atoms with Gasteiger partial charge in [0.05, 0.1) is 0 Å². The number of nitrogens with one attached hydrogen (secondary N) is 1. The Morgan fingerprint density at radius 1 is 1.70 bits per heavy atom. The van der Waals surface area contributed by atoms with Crippen molar-refractivity contribution >= 4 is 0 Å². The second-order valence-electron chi connectivity index (χ2n) is 2.98. The van der Waals surface area contributed by atoms with Gasteiger partial charge in [-0.1, -0.05) is 19.4 Å². The molecule has 0 aromatic carbocycles. The second kappa shape index (κ2) is 3.62. The summed E-state index contributed by atoms with van der Waals surface area (Å²) >= 11 is 0. The summed E-state index contributed by atoms with van der Waals surface area (Å²) in [5.41, 5.74) is 5.52. The van der Waals surface area contributed by atoms with E-state index in [0.717, 1.165) is 12.5 Å². The molecular weight excluding hydrogens is 124 g/mol. The van der Waals surface area contributed by atoms with E-state index in [1.807, 2.05) is 0 Å². The van der Waals surface area contributed by atoms with Crippen molar-refractivity contribution in [3.63, 3.8) is 0 Å². The van der Waals surface area contributed by atoms with Crippen LogP contribution in [0, 0.1) is 5.92 Å². The van der Waals surface area contributed by atoms with Crippen LogP contribution in [0.1, 0.15) is 19.3 Å². The van der Waals surface area contributed by atoms with E-state index >= 15 is 0 Å². The van der Waals surface area contributed by atoms with Gasteiger partial charge in [0.2, 0.25) is 0 Å². The van der Waals surface area contributed by atoms with Gasteiger partial charge in [0.25, 0.3) is 0 Å². The lowest BCUT2D eigenvalue weighted by Crippen LogP contribution is -2.32. The van der Waals surface area contributed by atoms with Gasteiger partial charge in [-0.05, 0) is 18.5 Å². The minimum Gasteiger partial charge on any atom is -0.387 e. The van der Waals surface area contributed by atoms with Crippen LogP contribution in [0.25, 0.3) is 0 Å². The summed E-state index contributed by atoms with van der Waals surface area (Å²) in [4.78, 5) is 0. The molecule has 0 spiro atoms. The van der Waals surface area contributed by atoms with Crippen molar-refractivity contribution in [1.29, 1.82) is 0 Å². The predicted octanol–water partition coefficient (Wildman–Crippen LogP) is 0.847. The van der Waals surface area contributed by atoms with Gasteiger partial charge in [-0.2, -0.15) is 0 Å². The Hall–Kier alpha value is -0.500. The lowest BCUT2D eigenvalue weighted by Gasteiger charge is -2.13. The smallest absolute Gasteiger partial charge is 0.0380 e. The number of hydrogen-bond acceptors (Lipinski definition) is 2. The molecule has 1 rings (SSSR count). The Kier molecular flexibility index (Phi) is 2.75. The van der Waals surface area contributed by atoms with E-state index in [0.29, 0.717) is 6.04 Å². The zero-order chi connectivity index (χ0) is 7.40. The van der Waals surface area contributed by atoms with E-state index in [-0.39, 0.29) is 0 Å². The van der Waals surface area contributed by atoms with Crippen LogP contribution in [0.15, 0.2) is 12.8 Å². The molecule has 0 saturated heterocycles. The highest BCUT2D eigenvalue weighted by molar-refractivity contribution is 4.83. The molecule has 1 fully saturated rings. The van der Waals surface area contributed by atoms with E-state index in [1.165, 1.54) is 19.3 Å². The Balaban J connectivity index is 2.11. The van der Waals surface area contributed by atoms with E-state index in [2.05, 4.69) is 11.9 Å². The minimum atomic E-state index is 0.463. The van der Waals surface area contributed by atoms with E-state index in [1.54, 1.807) is 6.20 Å². The van der Waals surface area contributed by atoms with Gasteiger partial charge in [0.15, 0.2) is 0 Å². The summed E-state index contributed by atoms with van der Waals surface area (Å²) in [5.74, 6) is 0.945. The van der Waals surface area contributed by atoms with Crippen molar-refractivity contribution in [3.8, 4) is 0 Å². The average molecular weight is 140 g/mol. The first kappa shape index (κ1) is 7.61. The summed E-state index contributed by atoms with van der Waals surface area (Å²) in [6.45, 7) is 4.33. The van der Waals surface area contributed by atoms with Crippen LogP contribution in [0.3, 0.4) is 0 Å². The maximum absolute atomic E-state index is 5.52. The van der Waals surface area contributed by atoms with Gasteiger partial charge in [0.1, 0.15) is 0 Å². The highest BCUT2D eigenvalue weighted by Crippen LogP contribution is 2.33. The third-order valence-electron chi connectivity index (χ3n) is 1.95. The van der Waals surface area contributed by atoms with Crippen LogP contribution in [0.2, 0.25) is 0 Å². The summed E-state index contributed by atoms with van der Waals surface area (Å²) in [7, 11) is 0. The highest BCUT2D eigenvalue weighted by atomic mass is 14.9. The molecule has 1 aliphatic rings. The molecular formula is C8H16N2. The molecule has 1 atom stereocenters. The van der Waals surface area contributed by atoms with Gasteiger partial charge in [-0.3, -0.25) is 0 Å². The molecule has 3 N–H and O–H groups in total. The van der Waals surface area contributed by atoms with Crippen molar-refractivity contribution in [2.45, 2.75) is 25.3 Å². The lowest BCUT2D eigenvalue weighted by molar-refractivity contribution is 0.518. The standard InChI is InChI=1S/C8H16N2/c1-2-10-8(6-9)5-7-3-4-7/h2,7-8,10H,1,3-6,9H2/t8-/m0/s1. The molecule has 58 valence electrons. The van der Waals surface area contributed by atoms with Crippen LogP contribution < -0.4 is 11.1 Å². The SMILES string of the molecule is C=CN[C@H](CN)CC1CC1. The number of rotatable bonds is 5. The van der Waals surface area contributed by atoms with E-state index in [9.17, 15) is 0 Å². The number of hydrogen-bond donors (Lipinski definition) is 2. The molecule has 0 radical (unpaired) electrons. The Morgan fingerprint density at radius 2 is 2.40 bits per heavy atom. The fourth-order valence-electron chi connectivity index (χ4n) is 1.15. The van der Waals surface area contributed by atoms with Crippen molar-refractivity contribution in [1.82, 2.24) is 5.32 Å². The minimum absolute atomic E-state index is 0.463. The summed E-state index contributed by atoms with van der Waals surface area (Å²) in [5, 5.41) is 3.14. The normalized spacial score (nSPS) is 20.1. The second-order valence-corrected chi connectivity index (χ2v) is 2.98. The first-order valence-electron chi connectivity index (χ1n) is 3.94. The summed E-state index contributed by atoms with van der Waals surface area (Å²) in [6.07, 6.45) is 5.76. The molecule has 0 aromatic heterocycles. The molecule has 1 saturated carbocycles. The van der Waals surface area contributed by atoms with Crippen LogP contribution in [0.5, 0.6) is 0 Å². The zero-order valence-electron chi connectivity index (χ0n) is 6.34. The average Bonchev–Trinajstić information content (AvgIpc) is 2.71. The maximum atomic E-state index is 5.52. The first-order chi connectivity index (χ1) is 4.86. The molecule has 0 unspecified atom stereocenters. The van der Waals surface area contributed by atoms with Crippen LogP contribution in [-0.4, -0.2) is 12.6 Å². The molecule has 0 bridgehead atoms. The lowest BCUT2D eigenvalue weighted by atomic mass is 10.1. The topological polar surface area (TPSA) is 38.0 Å². The fraction of sp³-hybridized carbons (Fsp3) is 0.750. The zero-order valence-corrected chi connectivity index (χ0v) is 6.34. The largest absolute Gasteiger partial charge is 0.387 e. The van der Waals surface area contributed by atoms with Gasteiger partial charge < -0.3 is 11.1 Å². The van der Waals surface area contributed by atoms with E-state index < -0.39 is 0 Å². The molecule has 10 heavy (non-hydrogen) atoms. The molecule has 1 aliphatic carbocycles. The van der Waals surface area contributed by atoms with E-state index in [4.69, 9.17) is 5.73 Å². The Labute approximate surface area is 62.5 Å². The molecule has 0 aliphatic heterocycles. The third-order valence-corrected chi connectivity index (χ3v) is 1.95. The molecule has 2 nitrogen and oxygen atoms in total. The van der Waals surface area contributed by atoms with Crippen molar-refractivity contribution in [2.24, 2.45) is 11.7 Å². The predicted molar refractivity (Wildman–Crippen MR) is 43.5 cm³/mol. The van der Waals surface area contributed by atoms with Crippen molar-refractivity contribution in [2.75, 3.05) is 6.54 Å². The summed E-state index contributed by atoms with van der Waals surface area (Å²) < 4.78 is 0. The summed E-state index contributed by atoms with van der Waals surface area (Å²) in [6, 6.07) is 0.463. The molecule has 0 aromatic rings. The first-order valence-corrected chi connectivity index (χ1v) is 3.94. The van der Waals surface area contributed by atoms with Gasteiger partial charge >= 0.3 is 0 Å². The van der Waals surface area contributed by atoms with Gasteiger partial charge in [0, 0.05) is 12.6 Å². The Morgan fingerprint density at radius 3 is 2.80 bits per heavy atom. The van der Waals surface area contributed by atoms with Gasteiger partial charge in [-0.25, -0.2) is 0 Å². The molecule has 2 heteroatoms.